The van der Waals surface area contributed by atoms with Crippen LogP contribution in [0.3, 0.4) is 0 Å². The van der Waals surface area contributed by atoms with E-state index in [4.69, 9.17) is 4.74 Å². The summed E-state index contributed by atoms with van der Waals surface area (Å²) in [5.74, 6) is -0.543. The summed E-state index contributed by atoms with van der Waals surface area (Å²) in [6.07, 6.45) is 4.96. The molecule has 0 radical (unpaired) electrons. The Hall–Kier alpha value is -2.09. The molecule has 7 nitrogen and oxygen atoms in total. The fourth-order valence-electron chi connectivity index (χ4n) is 3.70. The smallest absolute Gasteiger partial charge is 0.408 e. The molecule has 0 saturated heterocycles. The number of benzene rings is 1. The second-order valence-corrected chi connectivity index (χ2v) is 11.2. The minimum Gasteiger partial charge on any atom is -0.444 e. The van der Waals surface area contributed by atoms with E-state index in [2.05, 4.69) is 10.6 Å². The van der Waals surface area contributed by atoms with Crippen molar-refractivity contribution < 1.29 is 22.7 Å². The highest BCUT2D eigenvalue weighted by Gasteiger charge is 2.35. The highest BCUT2D eigenvalue weighted by molar-refractivity contribution is 7.91. The molecule has 30 heavy (non-hydrogen) atoms. The Balaban J connectivity index is 2.20. The number of sulfone groups is 1. The maximum absolute atomic E-state index is 12.9. The largest absolute Gasteiger partial charge is 0.444 e. The van der Waals surface area contributed by atoms with Crippen molar-refractivity contribution in [1.82, 2.24) is 10.6 Å². The predicted octanol–water partition coefficient (Wildman–Crippen LogP) is 3.83. The quantitative estimate of drug-likeness (QED) is 0.657. The monoisotopic (exact) mass is 438 g/mol. The van der Waals surface area contributed by atoms with Crippen LogP contribution in [0.2, 0.25) is 0 Å². The molecule has 1 aliphatic carbocycles. The van der Waals surface area contributed by atoms with Crippen LogP contribution < -0.4 is 10.6 Å². The van der Waals surface area contributed by atoms with Gasteiger partial charge in [-0.1, -0.05) is 44.7 Å². The maximum Gasteiger partial charge on any atom is 0.408 e. The third kappa shape index (κ3) is 6.72. The van der Waals surface area contributed by atoms with Gasteiger partial charge in [-0.3, -0.25) is 4.79 Å². The van der Waals surface area contributed by atoms with Crippen molar-refractivity contribution in [3.8, 4) is 0 Å². The first-order chi connectivity index (χ1) is 14.0. The molecule has 0 heterocycles. The van der Waals surface area contributed by atoms with Crippen LogP contribution in [-0.4, -0.2) is 43.9 Å². The molecule has 0 bridgehead atoms. The summed E-state index contributed by atoms with van der Waals surface area (Å²) < 4.78 is 30.2. The van der Waals surface area contributed by atoms with Gasteiger partial charge in [0.2, 0.25) is 0 Å². The van der Waals surface area contributed by atoms with Crippen molar-refractivity contribution in [3.63, 3.8) is 0 Å². The standard InChI is InChI=1S/C22H34N2O5S/c1-5-30(27,28)18-13-9-8-12-17(18)19(25)23-16-22(14-10-6-7-11-15-22)24-20(26)29-21(2,3)4/h8-9,12-13H,5-7,10-11,14-16H2,1-4H3,(H,23,25)(H,24,26). The number of ether oxygens (including phenoxy) is 1. The minimum absolute atomic E-state index is 0.0278. The van der Waals surface area contributed by atoms with E-state index in [0.29, 0.717) is 0 Å². The van der Waals surface area contributed by atoms with Gasteiger partial charge < -0.3 is 15.4 Å². The van der Waals surface area contributed by atoms with Crippen LogP contribution in [0.5, 0.6) is 0 Å². The lowest BCUT2D eigenvalue weighted by atomic mass is 9.90. The van der Waals surface area contributed by atoms with Crippen LogP contribution >= 0.6 is 0 Å². The van der Waals surface area contributed by atoms with Crippen molar-refractivity contribution in [2.24, 2.45) is 0 Å². The highest BCUT2D eigenvalue weighted by Crippen LogP contribution is 2.28. The Morgan fingerprint density at radius 2 is 1.67 bits per heavy atom. The Morgan fingerprint density at radius 1 is 1.07 bits per heavy atom. The fourth-order valence-corrected chi connectivity index (χ4v) is 4.79. The number of alkyl carbamates (subject to hydrolysis) is 1. The van der Waals surface area contributed by atoms with E-state index in [0.717, 1.165) is 38.5 Å². The molecule has 1 aromatic rings. The first-order valence-electron chi connectivity index (χ1n) is 10.6. The van der Waals surface area contributed by atoms with Crippen LogP contribution in [-0.2, 0) is 14.6 Å². The van der Waals surface area contributed by atoms with Crippen molar-refractivity contribution in [2.45, 2.75) is 82.3 Å². The highest BCUT2D eigenvalue weighted by atomic mass is 32.2. The number of nitrogens with one attached hydrogen (secondary N) is 2. The molecule has 1 fully saturated rings. The first-order valence-corrected chi connectivity index (χ1v) is 12.2. The Morgan fingerprint density at radius 3 is 2.23 bits per heavy atom. The molecule has 0 spiro atoms. The Kier molecular flexibility index (Phi) is 7.91. The van der Waals surface area contributed by atoms with E-state index >= 15 is 0 Å². The third-order valence-corrected chi connectivity index (χ3v) is 7.05. The fraction of sp³-hybridized carbons (Fsp3) is 0.636. The van der Waals surface area contributed by atoms with E-state index < -0.39 is 33.0 Å². The minimum atomic E-state index is -3.53. The van der Waals surface area contributed by atoms with Crippen LogP contribution in [0, 0.1) is 0 Å². The van der Waals surface area contributed by atoms with Gasteiger partial charge >= 0.3 is 6.09 Å². The van der Waals surface area contributed by atoms with E-state index in [9.17, 15) is 18.0 Å². The number of rotatable bonds is 6. The summed E-state index contributed by atoms with van der Waals surface area (Å²) in [7, 11) is -3.53. The second kappa shape index (κ2) is 9.81. The zero-order valence-corrected chi connectivity index (χ0v) is 19.2. The van der Waals surface area contributed by atoms with Gasteiger partial charge in [0.25, 0.3) is 5.91 Å². The molecule has 1 saturated carbocycles. The topological polar surface area (TPSA) is 102 Å². The maximum atomic E-state index is 12.9. The summed E-state index contributed by atoms with van der Waals surface area (Å²) in [5, 5.41) is 5.87. The summed E-state index contributed by atoms with van der Waals surface area (Å²) in [6, 6.07) is 6.22. The number of hydrogen-bond acceptors (Lipinski definition) is 5. The molecule has 2 amide bonds. The van der Waals surface area contributed by atoms with Crippen LogP contribution in [0.15, 0.2) is 29.2 Å². The zero-order valence-electron chi connectivity index (χ0n) is 18.4. The van der Waals surface area contributed by atoms with Crippen LogP contribution in [0.25, 0.3) is 0 Å². The normalized spacial score (nSPS) is 16.9. The Bertz CT molecular complexity index is 851. The summed E-state index contributed by atoms with van der Waals surface area (Å²) in [6.45, 7) is 7.18. The van der Waals surface area contributed by atoms with Crippen molar-refractivity contribution in [3.05, 3.63) is 29.8 Å². The second-order valence-electron chi connectivity index (χ2n) is 8.90. The summed E-state index contributed by atoms with van der Waals surface area (Å²) >= 11 is 0. The molecule has 0 atom stereocenters. The molecule has 0 unspecified atom stereocenters. The third-order valence-electron chi connectivity index (χ3n) is 5.26. The lowest BCUT2D eigenvalue weighted by molar-refractivity contribution is 0.0437. The first kappa shape index (κ1) is 24.2. The molecule has 1 aromatic carbocycles. The van der Waals surface area contributed by atoms with E-state index in [1.165, 1.54) is 12.1 Å². The molecule has 168 valence electrons. The number of carbonyl (C=O) groups excluding carboxylic acids is 2. The molecular formula is C22H34N2O5S. The molecule has 8 heteroatoms. The van der Waals surface area contributed by atoms with Gasteiger partial charge in [-0.25, -0.2) is 13.2 Å². The number of amides is 2. The Labute approximate surface area is 179 Å². The number of hydrogen-bond donors (Lipinski definition) is 2. The lowest BCUT2D eigenvalue weighted by Gasteiger charge is -2.35. The van der Waals surface area contributed by atoms with Gasteiger partial charge in [0.15, 0.2) is 9.84 Å². The molecule has 0 aromatic heterocycles. The summed E-state index contributed by atoms with van der Waals surface area (Å²) in [5.41, 5.74) is -1.11. The zero-order chi connectivity index (χ0) is 22.4. The van der Waals surface area contributed by atoms with Crippen molar-refractivity contribution in [1.29, 1.82) is 0 Å². The number of carbonyl (C=O) groups is 2. The van der Waals surface area contributed by atoms with Crippen molar-refractivity contribution in [2.75, 3.05) is 12.3 Å². The van der Waals surface area contributed by atoms with Gasteiger partial charge in [-0.05, 0) is 45.7 Å². The van der Waals surface area contributed by atoms with Crippen molar-refractivity contribution >= 4 is 21.8 Å². The van der Waals surface area contributed by atoms with Crippen LogP contribution in [0.1, 0.15) is 76.6 Å². The predicted molar refractivity (Wildman–Crippen MR) is 116 cm³/mol. The van der Waals surface area contributed by atoms with Crippen LogP contribution in [0.4, 0.5) is 4.79 Å². The molecule has 2 rings (SSSR count). The van der Waals surface area contributed by atoms with Gasteiger partial charge in [-0.2, -0.15) is 0 Å². The van der Waals surface area contributed by atoms with E-state index in [-0.39, 0.29) is 22.8 Å². The SMILES string of the molecule is CCS(=O)(=O)c1ccccc1C(=O)NCC1(NC(=O)OC(C)(C)C)CCCCCC1. The van der Waals surface area contributed by atoms with Gasteiger partial charge in [0, 0.05) is 6.54 Å². The van der Waals surface area contributed by atoms with Gasteiger partial charge in [0.05, 0.1) is 21.8 Å². The molecular weight excluding hydrogens is 404 g/mol. The average molecular weight is 439 g/mol. The summed E-state index contributed by atoms with van der Waals surface area (Å²) in [4.78, 5) is 25.4. The molecule has 0 aliphatic heterocycles. The van der Waals surface area contributed by atoms with Gasteiger partial charge in [0.1, 0.15) is 5.60 Å². The van der Waals surface area contributed by atoms with Gasteiger partial charge in [-0.15, -0.1) is 0 Å². The molecule has 2 N–H and O–H groups in total. The molecule has 1 aliphatic rings. The van der Waals surface area contributed by atoms with E-state index in [1.807, 2.05) is 0 Å². The average Bonchev–Trinajstić information content (AvgIpc) is 2.90. The lowest BCUT2D eigenvalue weighted by Crippen LogP contribution is -2.56. The van der Waals surface area contributed by atoms with E-state index in [1.54, 1.807) is 39.8 Å².